The number of nitrogens with zero attached hydrogens (tertiary/aromatic N) is 3. The van der Waals surface area contributed by atoms with E-state index in [0.717, 1.165) is 34.1 Å². The molecule has 3 heterocycles. The molecule has 3 aliphatic rings. The number of carboxylic acids is 2. The topological polar surface area (TPSA) is 254 Å². The number of amides is 3. The number of phenols is 2. The highest BCUT2D eigenvalue weighted by Crippen LogP contribution is 2.40. The second-order valence-electron chi connectivity index (χ2n) is 10.2. The lowest BCUT2D eigenvalue weighted by atomic mass is 10.0. The summed E-state index contributed by atoms with van der Waals surface area (Å²) in [5.74, 6) is -8.41. The third-order valence-electron chi connectivity index (χ3n) is 7.40. The third-order valence-corrected chi connectivity index (χ3v) is 9.41. The Morgan fingerprint density at radius 3 is 2.51 bits per heavy atom. The van der Waals surface area contributed by atoms with Gasteiger partial charge in [0.05, 0.1) is 0 Å². The van der Waals surface area contributed by atoms with E-state index in [4.69, 9.17) is 10.6 Å². The van der Waals surface area contributed by atoms with Crippen LogP contribution in [0.4, 0.5) is 9.52 Å². The Bertz CT molecular complexity index is 1650. The molecule has 2 aromatic rings. The summed E-state index contributed by atoms with van der Waals surface area (Å²) in [4.78, 5) is 73.5. The maximum Gasteiger partial charge on any atom is 0.352 e. The van der Waals surface area contributed by atoms with E-state index in [0.29, 0.717) is 18.9 Å². The Kier molecular flexibility index (Phi) is 8.57. The van der Waals surface area contributed by atoms with E-state index in [1.54, 1.807) is 0 Å². The number of anilines is 1. The molecule has 5 rings (SSSR count). The number of phenolic OH excluding ortho intramolecular Hbond substituents is 2. The molecule has 16 nitrogen and oxygen atoms in total. The van der Waals surface area contributed by atoms with Gasteiger partial charge in [0.1, 0.15) is 22.8 Å². The van der Waals surface area contributed by atoms with Crippen molar-refractivity contribution in [2.45, 2.75) is 42.7 Å². The van der Waals surface area contributed by atoms with Crippen LogP contribution in [0.1, 0.15) is 41.7 Å². The summed E-state index contributed by atoms with van der Waals surface area (Å²) in [6.07, 6.45) is 1.52. The number of hydrogen-bond donors (Lipinski definition) is 7. The Hall–Kier alpha value is -4.91. The second kappa shape index (κ2) is 12.2. The van der Waals surface area contributed by atoms with Gasteiger partial charge in [-0.25, -0.2) is 19.0 Å². The first-order valence-electron chi connectivity index (χ1n) is 13.2. The van der Waals surface area contributed by atoms with Crippen molar-refractivity contribution < 1.29 is 53.6 Å². The minimum atomic E-state index is -1.63. The monoisotopic (exact) mass is 664 g/mol. The Morgan fingerprint density at radius 2 is 1.91 bits per heavy atom. The van der Waals surface area contributed by atoms with Crippen molar-refractivity contribution in [2.24, 2.45) is 5.16 Å². The zero-order chi connectivity index (χ0) is 32.6. The number of β-lactam (4-membered cyclic amide) rings is 1. The number of oxime groups is 1. The van der Waals surface area contributed by atoms with Crippen molar-refractivity contribution in [1.29, 1.82) is 0 Å². The van der Waals surface area contributed by atoms with Gasteiger partial charge < -0.3 is 41.6 Å². The molecule has 45 heavy (non-hydrogen) atoms. The Balaban J connectivity index is 1.31. The summed E-state index contributed by atoms with van der Waals surface area (Å²) < 4.78 is 13.7. The number of aliphatic carboxylic acids is 2. The van der Waals surface area contributed by atoms with E-state index in [1.807, 2.05) is 0 Å². The maximum atomic E-state index is 13.7. The SMILES string of the molecule is Nc1nc(/C(=N/OC2(C(=O)O)CCCC2)C(=O)NC2C(=O)N3C(C(=O)O)=C(CNC(=O)c4cc(O)c(O)c(F)c4)CS[C@@H]23)cs1. The van der Waals surface area contributed by atoms with E-state index in [2.05, 4.69) is 20.8 Å². The van der Waals surface area contributed by atoms with Crippen molar-refractivity contribution in [1.82, 2.24) is 20.5 Å². The zero-order valence-corrected chi connectivity index (χ0v) is 24.6. The number of nitrogens with one attached hydrogen (secondary N) is 2. The fourth-order valence-electron chi connectivity index (χ4n) is 5.06. The molecule has 0 spiro atoms. The molecule has 2 fully saturated rings. The predicted molar refractivity (Wildman–Crippen MR) is 155 cm³/mol. The van der Waals surface area contributed by atoms with Crippen LogP contribution in [0.25, 0.3) is 0 Å². The van der Waals surface area contributed by atoms with Crippen LogP contribution in [0.3, 0.4) is 0 Å². The molecule has 238 valence electrons. The molecular formula is C26H25FN6O10S2. The highest BCUT2D eigenvalue weighted by Gasteiger charge is 2.54. The summed E-state index contributed by atoms with van der Waals surface area (Å²) >= 11 is 2.09. The smallest absolute Gasteiger partial charge is 0.352 e. The van der Waals surface area contributed by atoms with E-state index < -0.39 is 75.4 Å². The molecule has 8 N–H and O–H groups in total. The quantitative estimate of drug-likeness (QED) is 0.0794. The van der Waals surface area contributed by atoms with Crippen molar-refractivity contribution in [3.05, 3.63) is 45.9 Å². The van der Waals surface area contributed by atoms with Gasteiger partial charge in [-0.3, -0.25) is 19.3 Å². The predicted octanol–water partition coefficient (Wildman–Crippen LogP) is 0.562. The average molecular weight is 665 g/mol. The minimum Gasteiger partial charge on any atom is -0.504 e. The van der Waals surface area contributed by atoms with Crippen LogP contribution in [-0.4, -0.2) is 95.0 Å². The van der Waals surface area contributed by atoms with E-state index >= 15 is 0 Å². The standard InChI is InChI=1S/C26H25FN6O10S2/c27-12-5-10(6-14(34)18(12)35)19(36)29-7-11-8-44-22-16(21(38)33(22)17(11)23(39)40)31-20(37)15(13-9-45-25(28)30-13)32-43-26(24(41)42)3-1-2-4-26/h5-6,9,16,22,34-35H,1-4,7-8H2,(H2,28,30)(H,29,36)(H,31,37)(H,39,40)(H,41,42)/b32-15-/t16?,22-/m0/s1. The largest absolute Gasteiger partial charge is 0.504 e. The van der Waals surface area contributed by atoms with Crippen molar-refractivity contribution in [3.8, 4) is 11.5 Å². The Labute approximate surface area is 260 Å². The molecule has 1 aromatic carbocycles. The van der Waals surface area contributed by atoms with Gasteiger partial charge in [-0.1, -0.05) is 5.16 Å². The van der Waals surface area contributed by atoms with Crippen molar-refractivity contribution >= 4 is 63.6 Å². The summed E-state index contributed by atoms with van der Waals surface area (Å²) in [6.45, 7) is -0.352. The number of thioether (sulfide) groups is 1. The van der Waals surface area contributed by atoms with Crippen LogP contribution in [0.5, 0.6) is 11.5 Å². The summed E-state index contributed by atoms with van der Waals surface area (Å²) in [6, 6.07) is 0.319. The number of benzene rings is 1. The number of carbonyl (C=O) groups is 5. The summed E-state index contributed by atoms with van der Waals surface area (Å²) in [5.41, 5.74) is 3.04. The number of rotatable bonds is 10. The van der Waals surface area contributed by atoms with Crippen LogP contribution in [-0.2, 0) is 24.0 Å². The molecular weight excluding hydrogens is 639 g/mol. The molecule has 0 bridgehead atoms. The number of fused-ring (bicyclic) bond motifs is 1. The third kappa shape index (κ3) is 5.95. The lowest BCUT2D eigenvalue weighted by molar-refractivity contribution is -0.165. The van der Waals surface area contributed by atoms with E-state index in [9.17, 15) is 48.8 Å². The van der Waals surface area contributed by atoms with Crippen molar-refractivity contribution in [3.63, 3.8) is 0 Å². The Morgan fingerprint density at radius 1 is 1.20 bits per heavy atom. The average Bonchev–Trinajstić information content (AvgIpc) is 3.66. The first kappa shape index (κ1) is 31.5. The van der Waals surface area contributed by atoms with Gasteiger partial charge in [-0.05, 0) is 30.5 Å². The number of nitrogen functional groups attached to an aromatic ring is 1. The fraction of sp³-hybridized carbons (Fsp3) is 0.346. The number of carboxylic acid groups (broad SMARTS) is 2. The molecule has 1 aromatic heterocycles. The first-order chi connectivity index (χ1) is 21.3. The van der Waals surface area contributed by atoms with E-state index in [1.165, 1.54) is 5.38 Å². The molecule has 2 aliphatic heterocycles. The second-order valence-corrected chi connectivity index (χ2v) is 12.2. The van der Waals surface area contributed by atoms with Crippen molar-refractivity contribution in [2.75, 3.05) is 18.0 Å². The van der Waals surface area contributed by atoms with Crippen LogP contribution in [0.15, 0.2) is 33.9 Å². The van der Waals surface area contributed by atoms with Gasteiger partial charge in [0.25, 0.3) is 17.7 Å². The number of aromatic nitrogens is 1. The molecule has 1 unspecified atom stereocenters. The van der Waals surface area contributed by atoms with Gasteiger partial charge in [-0.2, -0.15) is 0 Å². The number of carbonyl (C=O) groups excluding carboxylic acids is 3. The summed E-state index contributed by atoms with van der Waals surface area (Å²) in [7, 11) is 0. The van der Waals surface area contributed by atoms with Gasteiger partial charge in [0, 0.05) is 36.1 Å². The molecule has 19 heteroatoms. The number of nitrogens with two attached hydrogens (primary N) is 1. The lowest BCUT2D eigenvalue weighted by Crippen LogP contribution is -2.71. The molecule has 2 atom stereocenters. The molecule has 1 aliphatic carbocycles. The van der Waals surface area contributed by atoms with Crippen LogP contribution < -0.4 is 16.4 Å². The lowest BCUT2D eigenvalue weighted by Gasteiger charge is -2.49. The van der Waals surface area contributed by atoms with Crippen LogP contribution in [0, 0.1) is 5.82 Å². The molecule has 3 amide bonds. The zero-order valence-electron chi connectivity index (χ0n) is 23.0. The van der Waals surface area contributed by atoms with Gasteiger partial charge in [0.15, 0.2) is 28.2 Å². The number of hydrogen-bond acceptors (Lipinski definition) is 13. The number of thiazole rings is 1. The van der Waals surface area contributed by atoms with Crippen LogP contribution >= 0.6 is 23.1 Å². The minimum absolute atomic E-state index is 0.0144. The highest BCUT2D eigenvalue weighted by atomic mass is 32.2. The van der Waals surface area contributed by atoms with Crippen LogP contribution in [0.2, 0.25) is 0 Å². The fourth-order valence-corrected chi connectivity index (χ4v) is 6.95. The van der Waals surface area contributed by atoms with E-state index in [-0.39, 0.29) is 47.1 Å². The normalized spacial score (nSPS) is 20.7. The molecule has 1 saturated heterocycles. The van der Waals surface area contributed by atoms with Gasteiger partial charge >= 0.3 is 11.9 Å². The first-order valence-corrected chi connectivity index (χ1v) is 15.2. The highest BCUT2D eigenvalue weighted by molar-refractivity contribution is 8.00. The maximum absolute atomic E-state index is 13.7. The number of aromatic hydroxyl groups is 2. The van der Waals surface area contributed by atoms with Gasteiger partial charge in [-0.15, -0.1) is 23.1 Å². The number of halogens is 1. The summed E-state index contributed by atoms with van der Waals surface area (Å²) in [5, 5.41) is 47.9. The van der Waals surface area contributed by atoms with Gasteiger partial charge in [0.2, 0.25) is 5.60 Å². The molecule has 0 radical (unpaired) electrons. The molecule has 1 saturated carbocycles.